The smallest absolute Gasteiger partial charge is 0.326 e. The van der Waals surface area contributed by atoms with Crippen molar-refractivity contribution in [1.29, 1.82) is 0 Å². The number of aromatic nitrogens is 2. The van der Waals surface area contributed by atoms with Gasteiger partial charge in [-0.3, -0.25) is 9.59 Å². The zero-order valence-corrected chi connectivity index (χ0v) is 10.9. The lowest BCUT2D eigenvalue weighted by Crippen LogP contribution is -2.41. The van der Waals surface area contributed by atoms with Gasteiger partial charge in [-0.2, -0.15) is 5.10 Å². The van der Waals surface area contributed by atoms with Crippen LogP contribution in [0.5, 0.6) is 0 Å². The summed E-state index contributed by atoms with van der Waals surface area (Å²) in [5.41, 5.74) is -0.253. The summed E-state index contributed by atoms with van der Waals surface area (Å²) in [5.74, 6) is -1.70. The molecule has 0 aliphatic heterocycles. The fraction of sp³-hybridized carbons (Fsp3) is 0.500. The molecule has 7 heteroatoms. The maximum atomic E-state index is 11.8. The second-order valence-corrected chi connectivity index (χ2v) is 4.05. The Balaban J connectivity index is 2.91. The fourth-order valence-electron chi connectivity index (χ4n) is 1.51. The standard InChI is InChI=1S/C12H17N3O4/c1-3-7-15-10(16)6-5-9(14-15)11(17)13-8(4-2)12(18)19/h5-6,8H,3-4,7H2,1-2H3,(H,13,17)(H,18,19)/t8-/m0/s1. The number of nitrogens with one attached hydrogen (secondary N) is 1. The van der Waals surface area contributed by atoms with Crippen molar-refractivity contribution in [3.05, 3.63) is 28.2 Å². The molecule has 2 N–H and O–H groups in total. The molecule has 7 nitrogen and oxygen atoms in total. The van der Waals surface area contributed by atoms with E-state index >= 15 is 0 Å². The number of carbonyl (C=O) groups excluding carboxylic acids is 1. The highest BCUT2D eigenvalue weighted by Gasteiger charge is 2.19. The van der Waals surface area contributed by atoms with Crippen LogP contribution in [0.15, 0.2) is 16.9 Å². The van der Waals surface area contributed by atoms with Crippen LogP contribution in [0.2, 0.25) is 0 Å². The number of aliphatic carboxylic acids is 1. The molecule has 104 valence electrons. The van der Waals surface area contributed by atoms with Crippen LogP contribution < -0.4 is 10.9 Å². The van der Waals surface area contributed by atoms with E-state index in [0.29, 0.717) is 13.0 Å². The number of hydrogen-bond acceptors (Lipinski definition) is 4. The first-order valence-corrected chi connectivity index (χ1v) is 6.11. The lowest BCUT2D eigenvalue weighted by Gasteiger charge is -2.12. The Morgan fingerprint density at radius 2 is 2.11 bits per heavy atom. The van der Waals surface area contributed by atoms with E-state index in [2.05, 4.69) is 10.4 Å². The van der Waals surface area contributed by atoms with Crippen LogP contribution in [0, 0.1) is 0 Å². The fourth-order valence-corrected chi connectivity index (χ4v) is 1.51. The molecule has 19 heavy (non-hydrogen) atoms. The Bertz CT molecular complexity index is 524. The molecule has 0 aliphatic carbocycles. The molecule has 0 aromatic carbocycles. The Kier molecular flexibility index (Phi) is 5.23. The van der Waals surface area contributed by atoms with E-state index in [0.717, 1.165) is 0 Å². The molecule has 0 spiro atoms. The van der Waals surface area contributed by atoms with Gasteiger partial charge in [0.1, 0.15) is 11.7 Å². The van der Waals surface area contributed by atoms with E-state index in [1.807, 2.05) is 6.92 Å². The highest BCUT2D eigenvalue weighted by Crippen LogP contribution is 1.96. The highest BCUT2D eigenvalue weighted by atomic mass is 16.4. The van der Waals surface area contributed by atoms with Crippen LogP contribution in [0.3, 0.4) is 0 Å². The van der Waals surface area contributed by atoms with Crippen LogP contribution in [0.1, 0.15) is 37.2 Å². The van der Waals surface area contributed by atoms with E-state index in [1.165, 1.54) is 16.8 Å². The average molecular weight is 267 g/mol. The Morgan fingerprint density at radius 1 is 1.42 bits per heavy atom. The third kappa shape index (κ3) is 3.90. The lowest BCUT2D eigenvalue weighted by atomic mass is 10.2. The summed E-state index contributed by atoms with van der Waals surface area (Å²) >= 11 is 0. The minimum atomic E-state index is -1.10. The first-order valence-electron chi connectivity index (χ1n) is 6.11. The van der Waals surface area contributed by atoms with Gasteiger partial charge in [0.05, 0.1) is 0 Å². The largest absolute Gasteiger partial charge is 0.480 e. The summed E-state index contributed by atoms with van der Waals surface area (Å²) in [5, 5.41) is 15.1. The molecule has 1 atom stereocenters. The minimum Gasteiger partial charge on any atom is -0.480 e. The van der Waals surface area contributed by atoms with Gasteiger partial charge in [-0.15, -0.1) is 0 Å². The predicted molar refractivity (Wildman–Crippen MR) is 68.0 cm³/mol. The van der Waals surface area contributed by atoms with Crippen LogP contribution in [0.25, 0.3) is 0 Å². The van der Waals surface area contributed by atoms with Crippen LogP contribution >= 0.6 is 0 Å². The van der Waals surface area contributed by atoms with Gasteiger partial charge in [0.25, 0.3) is 11.5 Å². The molecule has 0 unspecified atom stereocenters. The SMILES string of the molecule is CCCn1nc(C(=O)N[C@@H](CC)C(=O)O)ccc1=O. The molecular weight excluding hydrogens is 250 g/mol. The van der Waals surface area contributed by atoms with Crippen molar-refractivity contribution in [3.63, 3.8) is 0 Å². The van der Waals surface area contributed by atoms with Gasteiger partial charge in [0, 0.05) is 12.6 Å². The quantitative estimate of drug-likeness (QED) is 0.769. The number of amides is 1. The Labute approximate surface area is 110 Å². The van der Waals surface area contributed by atoms with Gasteiger partial charge >= 0.3 is 5.97 Å². The molecule has 0 saturated carbocycles. The summed E-state index contributed by atoms with van der Waals surface area (Å²) in [6.45, 7) is 3.96. The molecule has 1 amide bonds. The van der Waals surface area contributed by atoms with Crippen molar-refractivity contribution < 1.29 is 14.7 Å². The Morgan fingerprint density at radius 3 is 2.63 bits per heavy atom. The first kappa shape index (κ1) is 14.9. The van der Waals surface area contributed by atoms with Gasteiger partial charge in [0.2, 0.25) is 0 Å². The number of rotatable bonds is 6. The Hall–Kier alpha value is -2.18. The molecule has 0 saturated heterocycles. The molecule has 0 bridgehead atoms. The summed E-state index contributed by atoms with van der Waals surface area (Å²) in [6, 6.07) is 1.58. The van der Waals surface area contributed by atoms with Crippen molar-refractivity contribution in [2.75, 3.05) is 0 Å². The third-order valence-corrected chi connectivity index (χ3v) is 2.55. The molecule has 1 rings (SSSR count). The van der Waals surface area contributed by atoms with Gasteiger partial charge in [-0.1, -0.05) is 13.8 Å². The second-order valence-electron chi connectivity index (χ2n) is 4.05. The third-order valence-electron chi connectivity index (χ3n) is 2.55. The molecule has 1 aromatic heterocycles. The minimum absolute atomic E-state index is 0.0350. The first-order chi connectivity index (χ1) is 8.99. The predicted octanol–water partition coefficient (Wildman–Crippen LogP) is 0.246. The molecule has 0 fully saturated rings. The van der Waals surface area contributed by atoms with Gasteiger partial charge in [-0.05, 0) is 18.9 Å². The molecule has 0 aliphatic rings. The number of nitrogens with zero attached hydrogens (tertiary/aromatic N) is 2. The number of hydrogen-bond donors (Lipinski definition) is 2. The van der Waals surface area contributed by atoms with E-state index in [4.69, 9.17) is 5.11 Å². The number of carboxylic acids is 1. The summed E-state index contributed by atoms with van der Waals surface area (Å²) in [6.07, 6.45) is 0.986. The van der Waals surface area contributed by atoms with Gasteiger partial charge < -0.3 is 10.4 Å². The molecular formula is C12H17N3O4. The average Bonchev–Trinajstić information content (AvgIpc) is 2.38. The van der Waals surface area contributed by atoms with E-state index in [9.17, 15) is 14.4 Å². The highest BCUT2D eigenvalue weighted by molar-refractivity contribution is 5.94. The van der Waals surface area contributed by atoms with E-state index < -0.39 is 17.9 Å². The van der Waals surface area contributed by atoms with Crippen LogP contribution in [-0.2, 0) is 11.3 Å². The molecule has 1 heterocycles. The lowest BCUT2D eigenvalue weighted by molar-refractivity contribution is -0.139. The summed E-state index contributed by atoms with van der Waals surface area (Å²) < 4.78 is 1.19. The van der Waals surface area contributed by atoms with Crippen molar-refractivity contribution in [1.82, 2.24) is 15.1 Å². The van der Waals surface area contributed by atoms with Gasteiger partial charge in [-0.25, -0.2) is 9.48 Å². The zero-order chi connectivity index (χ0) is 14.4. The number of carbonyl (C=O) groups is 2. The number of aryl methyl sites for hydroxylation is 1. The zero-order valence-electron chi connectivity index (χ0n) is 10.9. The van der Waals surface area contributed by atoms with Crippen molar-refractivity contribution in [2.24, 2.45) is 0 Å². The van der Waals surface area contributed by atoms with E-state index in [1.54, 1.807) is 6.92 Å². The van der Waals surface area contributed by atoms with Crippen LogP contribution in [-0.4, -0.2) is 32.8 Å². The monoisotopic (exact) mass is 267 g/mol. The maximum Gasteiger partial charge on any atom is 0.326 e. The van der Waals surface area contributed by atoms with Crippen molar-refractivity contribution in [2.45, 2.75) is 39.3 Å². The van der Waals surface area contributed by atoms with Crippen molar-refractivity contribution in [3.8, 4) is 0 Å². The number of carboxylic acid groups (broad SMARTS) is 1. The van der Waals surface area contributed by atoms with Crippen molar-refractivity contribution >= 4 is 11.9 Å². The summed E-state index contributed by atoms with van der Waals surface area (Å²) in [7, 11) is 0. The second kappa shape index (κ2) is 6.67. The maximum absolute atomic E-state index is 11.8. The van der Waals surface area contributed by atoms with E-state index in [-0.39, 0.29) is 17.7 Å². The topological polar surface area (TPSA) is 101 Å². The summed E-state index contributed by atoms with van der Waals surface area (Å²) in [4.78, 5) is 34.1. The normalized spacial score (nSPS) is 11.9. The molecule has 1 aromatic rings. The van der Waals surface area contributed by atoms with Gasteiger partial charge in [0.15, 0.2) is 0 Å². The molecule has 0 radical (unpaired) electrons. The van der Waals surface area contributed by atoms with Crippen LogP contribution in [0.4, 0.5) is 0 Å².